The molecule has 0 aromatic carbocycles. The molecular weight excluding hydrogens is 208 g/mol. The second-order valence-electron chi connectivity index (χ2n) is 4.75. The predicted molar refractivity (Wildman–Crippen MR) is 60.6 cm³/mol. The van der Waals surface area contributed by atoms with Gasteiger partial charge >= 0.3 is 0 Å². The average molecular weight is 230 g/mol. The van der Waals surface area contributed by atoms with E-state index >= 15 is 0 Å². The fourth-order valence-corrected chi connectivity index (χ4v) is 2.22. The normalized spacial score (nSPS) is 32.2. The van der Waals surface area contributed by atoms with E-state index in [1.165, 1.54) is 0 Å². The van der Waals surface area contributed by atoms with Crippen molar-refractivity contribution >= 4 is 5.91 Å². The van der Waals surface area contributed by atoms with E-state index in [9.17, 15) is 9.90 Å². The highest BCUT2D eigenvalue weighted by molar-refractivity contribution is 5.81. The summed E-state index contributed by atoms with van der Waals surface area (Å²) in [7, 11) is 1.72. The SMILES string of the molecule is C[C@H]1C[C@H](N(C)C(=O)[C@@H](N)CO)CC[C@@H]1O. The van der Waals surface area contributed by atoms with E-state index in [1.54, 1.807) is 11.9 Å². The van der Waals surface area contributed by atoms with Crippen molar-refractivity contribution in [2.45, 2.75) is 44.4 Å². The summed E-state index contributed by atoms with van der Waals surface area (Å²) in [6.45, 7) is 1.66. The Morgan fingerprint density at radius 2 is 2.19 bits per heavy atom. The van der Waals surface area contributed by atoms with Crippen molar-refractivity contribution < 1.29 is 15.0 Å². The molecule has 0 aromatic heterocycles. The summed E-state index contributed by atoms with van der Waals surface area (Å²) in [6.07, 6.45) is 2.05. The van der Waals surface area contributed by atoms with Crippen LogP contribution in [-0.4, -0.2) is 52.9 Å². The summed E-state index contributed by atoms with van der Waals surface area (Å²) in [5.41, 5.74) is 5.50. The van der Waals surface area contributed by atoms with Crippen LogP contribution in [-0.2, 0) is 4.79 Å². The van der Waals surface area contributed by atoms with Crippen molar-refractivity contribution in [2.75, 3.05) is 13.7 Å². The number of hydrogen-bond donors (Lipinski definition) is 3. The summed E-state index contributed by atoms with van der Waals surface area (Å²) >= 11 is 0. The van der Waals surface area contributed by atoms with Crippen LogP contribution in [0.15, 0.2) is 0 Å². The number of nitrogens with two attached hydrogens (primary N) is 1. The first-order valence-electron chi connectivity index (χ1n) is 5.78. The Balaban J connectivity index is 2.54. The summed E-state index contributed by atoms with van der Waals surface area (Å²) in [4.78, 5) is 13.4. The molecule has 0 heterocycles. The first-order valence-corrected chi connectivity index (χ1v) is 5.78. The molecule has 0 bridgehead atoms. The van der Waals surface area contributed by atoms with Gasteiger partial charge in [-0.1, -0.05) is 6.92 Å². The van der Waals surface area contributed by atoms with Gasteiger partial charge < -0.3 is 20.8 Å². The number of amides is 1. The van der Waals surface area contributed by atoms with Crippen molar-refractivity contribution in [1.82, 2.24) is 4.90 Å². The molecule has 0 spiro atoms. The molecule has 0 aromatic rings. The maximum atomic E-state index is 11.7. The van der Waals surface area contributed by atoms with E-state index < -0.39 is 6.04 Å². The van der Waals surface area contributed by atoms with Crippen molar-refractivity contribution in [3.8, 4) is 0 Å². The highest BCUT2D eigenvalue weighted by atomic mass is 16.3. The van der Waals surface area contributed by atoms with E-state index in [1.807, 2.05) is 6.92 Å². The lowest BCUT2D eigenvalue weighted by Crippen LogP contribution is -2.50. The summed E-state index contributed by atoms with van der Waals surface area (Å²) < 4.78 is 0. The number of carbonyl (C=O) groups excluding carboxylic acids is 1. The smallest absolute Gasteiger partial charge is 0.241 e. The van der Waals surface area contributed by atoms with E-state index in [0.717, 1.165) is 19.3 Å². The number of rotatable bonds is 3. The fraction of sp³-hybridized carbons (Fsp3) is 0.909. The molecule has 0 unspecified atom stereocenters. The minimum absolute atomic E-state index is 0.128. The maximum Gasteiger partial charge on any atom is 0.241 e. The Labute approximate surface area is 96.2 Å². The summed E-state index contributed by atoms with van der Waals surface area (Å²) in [6, 6.07) is -0.698. The number of carbonyl (C=O) groups is 1. The van der Waals surface area contributed by atoms with E-state index in [-0.39, 0.29) is 30.6 Å². The number of aliphatic hydroxyl groups excluding tert-OH is 2. The van der Waals surface area contributed by atoms with Crippen molar-refractivity contribution in [2.24, 2.45) is 11.7 Å². The van der Waals surface area contributed by atoms with Gasteiger partial charge in [-0.15, -0.1) is 0 Å². The highest BCUT2D eigenvalue weighted by Crippen LogP contribution is 2.27. The second-order valence-corrected chi connectivity index (χ2v) is 4.75. The van der Waals surface area contributed by atoms with E-state index in [2.05, 4.69) is 0 Å². The zero-order valence-electron chi connectivity index (χ0n) is 9.97. The average Bonchev–Trinajstić information content (AvgIpc) is 2.29. The molecule has 16 heavy (non-hydrogen) atoms. The molecule has 0 aliphatic heterocycles. The first-order chi connectivity index (χ1) is 7.47. The molecule has 4 N–H and O–H groups in total. The zero-order chi connectivity index (χ0) is 12.3. The molecule has 1 aliphatic rings. The van der Waals surface area contributed by atoms with Gasteiger partial charge in [-0.3, -0.25) is 4.79 Å². The molecule has 1 aliphatic carbocycles. The third-order valence-electron chi connectivity index (χ3n) is 3.51. The lowest BCUT2D eigenvalue weighted by atomic mass is 9.84. The van der Waals surface area contributed by atoms with Crippen molar-refractivity contribution in [3.05, 3.63) is 0 Å². The third kappa shape index (κ3) is 2.93. The molecule has 5 nitrogen and oxygen atoms in total. The topological polar surface area (TPSA) is 86.8 Å². The Morgan fingerprint density at radius 3 is 2.69 bits per heavy atom. The van der Waals surface area contributed by atoms with Crippen LogP contribution in [0.1, 0.15) is 26.2 Å². The van der Waals surface area contributed by atoms with Gasteiger partial charge in [-0.25, -0.2) is 0 Å². The van der Waals surface area contributed by atoms with Gasteiger partial charge in [0.05, 0.1) is 12.7 Å². The van der Waals surface area contributed by atoms with Gasteiger partial charge in [0.15, 0.2) is 0 Å². The van der Waals surface area contributed by atoms with Crippen LogP contribution < -0.4 is 5.73 Å². The minimum atomic E-state index is -0.827. The summed E-state index contributed by atoms with van der Waals surface area (Å²) in [5, 5.41) is 18.4. The molecule has 1 amide bonds. The zero-order valence-corrected chi connectivity index (χ0v) is 9.97. The van der Waals surface area contributed by atoms with Crippen LogP contribution in [0.25, 0.3) is 0 Å². The van der Waals surface area contributed by atoms with Gasteiger partial charge in [0.2, 0.25) is 5.91 Å². The Morgan fingerprint density at radius 1 is 1.56 bits per heavy atom. The molecule has 1 saturated carbocycles. The molecule has 1 fully saturated rings. The van der Waals surface area contributed by atoms with Crippen LogP contribution in [0.4, 0.5) is 0 Å². The Bertz CT molecular complexity index is 247. The standard InChI is InChI=1S/C11H22N2O3/c1-7-5-8(3-4-10(7)15)13(2)11(16)9(12)6-14/h7-10,14-15H,3-6,12H2,1-2H3/t7-,8+,9-,10-/m0/s1. The van der Waals surface area contributed by atoms with Crippen LogP contribution in [0, 0.1) is 5.92 Å². The predicted octanol–water partition coefficient (Wildman–Crippen LogP) is -0.686. The quantitative estimate of drug-likeness (QED) is 0.599. The van der Waals surface area contributed by atoms with Gasteiger partial charge in [0.25, 0.3) is 0 Å². The second kappa shape index (κ2) is 5.61. The Hall–Kier alpha value is -0.650. The van der Waals surface area contributed by atoms with Crippen LogP contribution in [0.5, 0.6) is 0 Å². The molecule has 4 atom stereocenters. The van der Waals surface area contributed by atoms with Crippen LogP contribution in [0.3, 0.4) is 0 Å². The maximum absolute atomic E-state index is 11.7. The Kier molecular flexibility index (Phi) is 4.70. The van der Waals surface area contributed by atoms with Gasteiger partial charge in [0.1, 0.15) is 6.04 Å². The fourth-order valence-electron chi connectivity index (χ4n) is 2.22. The van der Waals surface area contributed by atoms with Gasteiger partial charge in [-0.05, 0) is 25.2 Å². The van der Waals surface area contributed by atoms with Gasteiger partial charge in [0, 0.05) is 13.1 Å². The molecular formula is C11H22N2O3. The van der Waals surface area contributed by atoms with Crippen molar-refractivity contribution in [1.29, 1.82) is 0 Å². The molecule has 0 radical (unpaired) electrons. The van der Waals surface area contributed by atoms with Crippen LogP contribution in [0.2, 0.25) is 0 Å². The third-order valence-corrected chi connectivity index (χ3v) is 3.51. The number of aliphatic hydroxyl groups is 2. The lowest BCUT2D eigenvalue weighted by molar-refractivity contribution is -0.135. The van der Waals surface area contributed by atoms with Crippen LogP contribution >= 0.6 is 0 Å². The summed E-state index contributed by atoms with van der Waals surface area (Å²) in [5.74, 6) is -0.0181. The number of hydrogen-bond acceptors (Lipinski definition) is 4. The molecule has 94 valence electrons. The molecule has 1 rings (SSSR count). The largest absolute Gasteiger partial charge is 0.394 e. The van der Waals surface area contributed by atoms with E-state index in [0.29, 0.717) is 0 Å². The molecule has 0 saturated heterocycles. The lowest BCUT2D eigenvalue weighted by Gasteiger charge is -2.37. The van der Waals surface area contributed by atoms with Crippen molar-refractivity contribution in [3.63, 3.8) is 0 Å². The van der Waals surface area contributed by atoms with Gasteiger partial charge in [-0.2, -0.15) is 0 Å². The number of nitrogens with zero attached hydrogens (tertiary/aromatic N) is 1. The monoisotopic (exact) mass is 230 g/mol. The minimum Gasteiger partial charge on any atom is -0.394 e. The highest BCUT2D eigenvalue weighted by Gasteiger charge is 2.31. The molecule has 5 heteroatoms. The first kappa shape index (κ1) is 13.4. The number of likely N-dealkylation sites (N-methyl/N-ethyl adjacent to an activating group) is 1. The van der Waals surface area contributed by atoms with E-state index in [4.69, 9.17) is 10.8 Å².